The Hall–Kier alpha value is -2.51. The highest BCUT2D eigenvalue weighted by Crippen LogP contribution is 2.31. The largest absolute Gasteiger partial charge is 0.361 e. The SMILES string of the molecule is Cc1noc(C)c1-c1ccc([C@@H]2CCCN(S(=O)(=O)c3ccccc3)C2)nc1. The van der Waals surface area contributed by atoms with E-state index in [1.807, 2.05) is 38.2 Å². The summed E-state index contributed by atoms with van der Waals surface area (Å²) in [7, 11) is -3.47. The van der Waals surface area contributed by atoms with Crippen molar-refractivity contribution in [3.63, 3.8) is 0 Å². The molecule has 1 aromatic carbocycles. The molecule has 0 spiro atoms. The van der Waals surface area contributed by atoms with Gasteiger partial charge in [0.05, 0.1) is 10.6 Å². The Labute approximate surface area is 165 Å². The van der Waals surface area contributed by atoms with Crippen molar-refractivity contribution < 1.29 is 12.9 Å². The maximum Gasteiger partial charge on any atom is 0.243 e. The minimum Gasteiger partial charge on any atom is -0.361 e. The molecule has 6 nitrogen and oxygen atoms in total. The van der Waals surface area contributed by atoms with Crippen molar-refractivity contribution in [3.8, 4) is 11.1 Å². The number of benzene rings is 1. The Morgan fingerprint density at radius 1 is 1.11 bits per heavy atom. The van der Waals surface area contributed by atoms with Crippen LogP contribution in [0.1, 0.15) is 35.9 Å². The Bertz CT molecular complexity index is 1040. The van der Waals surface area contributed by atoms with Crippen LogP contribution in [0.15, 0.2) is 58.1 Å². The van der Waals surface area contributed by atoms with Crippen LogP contribution < -0.4 is 0 Å². The van der Waals surface area contributed by atoms with E-state index in [9.17, 15) is 8.42 Å². The van der Waals surface area contributed by atoms with Crippen molar-refractivity contribution in [1.82, 2.24) is 14.4 Å². The van der Waals surface area contributed by atoms with Crippen molar-refractivity contribution in [2.45, 2.75) is 37.5 Å². The molecule has 1 fully saturated rings. The second-order valence-corrected chi connectivity index (χ2v) is 9.12. The van der Waals surface area contributed by atoms with Gasteiger partial charge in [-0.2, -0.15) is 4.31 Å². The lowest BCUT2D eigenvalue weighted by molar-refractivity contribution is 0.312. The van der Waals surface area contributed by atoms with Gasteiger partial charge in [-0.25, -0.2) is 8.42 Å². The number of hydrogen-bond donors (Lipinski definition) is 0. The summed E-state index contributed by atoms with van der Waals surface area (Å²) in [6.07, 6.45) is 3.58. The van der Waals surface area contributed by atoms with Crippen LogP contribution in [-0.2, 0) is 10.0 Å². The van der Waals surface area contributed by atoms with E-state index in [4.69, 9.17) is 4.52 Å². The first kappa shape index (κ1) is 18.8. The molecular weight excluding hydrogens is 374 g/mol. The summed E-state index contributed by atoms with van der Waals surface area (Å²) < 4.78 is 32.7. The van der Waals surface area contributed by atoms with Gasteiger partial charge in [0, 0.05) is 42.0 Å². The molecular formula is C21H23N3O3S. The lowest BCUT2D eigenvalue weighted by atomic mass is 9.95. The number of aryl methyl sites for hydroxylation is 2. The maximum atomic E-state index is 12.9. The summed E-state index contributed by atoms with van der Waals surface area (Å²) >= 11 is 0. The molecule has 0 N–H and O–H groups in total. The van der Waals surface area contributed by atoms with Crippen LogP contribution in [0.5, 0.6) is 0 Å². The topological polar surface area (TPSA) is 76.3 Å². The monoisotopic (exact) mass is 397 g/mol. The molecule has 2 aromatic heterocycles. The molecule has 0 aliphatic carbocycles. The predicted octanol–water partition coefficient (Wildman–Crippen LogP) is 3.92. The number of nitrogens with zero attached hydrogens (tertiary/aromatic N) is 3. The molecule has 1 atom stereocenters. The molecule has 1 aliphatic heterocycles. The first-order valence-corrected chi connectivity index (χ1v) is 10.8. The zero-order valence-electron chi connectivity index (χ0n) is 16.0. The highest BCUT2D eigenvalue weighted by Gasteiger charge is 2.31. The molecule has 0 amide bonds. The summed E-state index contributed by atoms with van der Waals surface area (Å²) in [5, 5.41) is 3.99. The highest BCUT2D eigenvalue weighted by atomic mass is 32.2. The second-order valence-electron chi connectivity index (χ2n) is 7.19. The maximum absolute atomic E-state index is 12.9. The van der Waals surface area contributed by atoms with Crippen LogP contribution in [-0.4, -0.2) is 36.0 Å². The molecule has 4 rings (SSSR count). The first-order chi connectivity index (χ1) is 13.5. The zero-order chi connectivity index (χ0) is 19.7. The van der Waals surface area contributed by atoms with E-state index in [2.05, 4.69) is 10.1 Å². The average Bonchev–Trinajstić information content (AvgIpc) is 3.07. The van der Waals surface area contributed by atoms with E-state index in [1.54, 1.807) is 28.6 Å². The fraction of sp³-hybridized carbons (Fsp3) is 0.333. The van der Waals surface area contributed by atoms with Crippen molar-refractivity contribution in [1.29, 1.82) is 0 Å². The highest BCUT2D eigenvalue weighted by molar-refractivity contribution is 7.89. The number of aromatic nitrogens is 2. The molecule has 3 heterocycles. The van der Waals surface area contributed by atoms with Gasteiger partial charge in [-0.1, -0.05) is 29.4 Å². The lowest BCUT2D eigenvalue weighted by Gasteiger charge is -2.31. The van der Waals surface area contributed by atoms with Gasteiger partial charge >= 0.3 is 0 Å². The van der Waals surface area contributed by atoms with E-state index in [1.165, 1.54) is 0 Å². The molecule has 7 heteroatoms. The quantitative estimate of drug-likeness (QED) is 0.667. The van der Waals surface area contributed by atoms with Crippen LogP contribution in [0, 0.1) is 13.8 Å². The van der Waals surface area contributed by atoms with Crippen LogP contribution in [0.3, 0.4) is 0 Å². The summed E-state index contributed by atoms with van der Waals surface area (Å²) in [4.78, 5) is 4.98. The van der Waals surface area contributed by atoms with Gasteiger partial charge in [0.1, 0.15) is 5.76 Å². The van der Waals surface area contributed by atoms with Gasteiger partial charge in [0.25, 0.3) is 0 Å². The van der Waals surface area contributed by atoms with Crippen molar-refractivity contribution in [3.05, 3.63) is 65.8 Å². The summed E-state index contributed by atoms with van der Waals surface area (Å²) in [6.45, 7) is 4.80. The minimum atomic E-state index is -3.47. The molecule has 3 aromatic rings. The zero-order valence-corrected chi connectivity index (χ0v) is 16.8. The summed E-state index contributed by atoms with van der Waals surface area (Å²) in [6, 6.07) is 12.6. The second kappa shape index (κ2) is 7.48. The Morgan fingerprint density at radius 2 is 1.89 bits per heavy atom. The third-order valence-electron chi connectivity index (χ3n) is 5.29. The van der Waals surface area contributed by atoms with Crippen molar-refractivity contribution >= 4 is 10.0 Å². The van der Waals surface area contributed by atoms with E-state index in [-0.39, 0.29) is 5.92 Å². The van der Waals surface area contributed by atoms with Crippen LogP contribution in [0.2, 0.25) is 0 Å². The predicted molar refractivity (Wildman–Crippen MR) is 106 cm³/mol. The fourth-order valence-electron chi connectivity index (χ4n) is 3.83. The summed E-state index contributed by atoms with van der Waals surface area (Å²) in [5.74, 6) is 0.857. The average molecular weight is 398 g/mol. The van der Waals surface area contributed by atoms with Crippen molar-refractivity contribution in [2.75, 3.05) is 13.1 Å². The van der Waals surface area contributed by atoms with Gasteiger partial charge < -0.3 is 4.52 Å². The summed E-state index contributed by atoms with van der Waals surface area (Å²) in [5.41, 5.74) is 3.69. The number of pyridine rings is 1. The van der Waals surface area contributed by atoms with E-state index in [0.29, 0.717) is 18.0 Å². The van der Waals surface area contributed by atoms with E-state index >= 15 is 0 Å². The van der Waals surface area contributed by atoms with Crippen LogP contribution >= 0.6 is 0 Å². The molecule has 1 saturated heterocycles. The van der Waals surface area contributed by atoms with Gasteiger partial charge in [0.2, 0.25) is 10.0 Å². The smallest absolute Gasteiger partial charge is 0.243 e. The van der Waals surface area contributed by atoms with Gasteiger partial charge in [0.15, 0.2) is 0 Å². The van der Waals surface area contributed by atoms with Crippen LogP contribution in [0.4, 0.5) is 0 Å². The van der Waals surface area contributed by atoms with Gasteiger partial charge in [-0.3, -0.25) is 4.98 Å². The lowest BCUT2D eigenvalue weighted by Crippen LogP contribution is -2.39. The minimum absolute atomic E-state index is 0.0888. The number of hydrogen-bond acceptors (Lipinski definition) is 5. The Balaban J connectivity index is 1.55. The molecule has 28 heavy (non-hydrogen) atoms. The normalized spacial score (nSPS) is 18.3. The first-order valence-electron chi connectivity index (χ1n) is 9.41. The molecule has 146 valence electrons. The molecule has 0 bridgehead atoms. The fourth-order valence-corrected chi connectivity index (χ4v) is 5.38. The molecule has 1 aliphatic rings. The molecule has 0 unspecified atom stereocenters. The third kappa shape index (κ3) is 3.47. The number of rotatable bonds is 4. The Kier molecular flexibility index (Phi) is 5.03. The third-order valence-corrected chi connectivity index (χ3v) is 7.17. The number of sulfonamides is 1. The van der Waals surface area contributed by atoms with E-state index < -0.39 is 10.0 Å². The molecule has 0 radical (unpaired) electrons. The van der Waals surface area contributed by atoms with Crippen LogP contribution in [0.25, 0.3) is 11.1 Å². The number of piperidine rings is 1. The Morgan fingerprint density at radius 3 is 2.54 bits per heavy atom. The van der Waals surface area contributed by atoms with Gasteiger partial charge in [-0.05, 0) is 44.9 Å². The standard InChI is InChI=1S/C21H23N3O3S/c1-15-21(16(2)27-23-15)17-10-11-20(22-13-17)18-7-6-12-24(14-18)28(25,26)19-8-4-3-5-9-19/h3-5,8-11,13,18H,6-7,12,14H2,1-2H3/t18-/m1/s1. The van der Waals surface area contributed by atoms with Gasteiger partial charge in [-0.15, -0.1) is 0 Å². The molecule has 0 saturated carbocycles. The van der Waals surface area contributed by atoms with E-state index in [0.717, 1.165) is 41.1 Å². The van der Waals surface area contributed by atoms with Crippen molar-refractivity contribution in [2.24, 2.45) is 0 Å².